The minimum atomic E-state index is -3.78. The third-order valence-corrected chi connectivity index (χ3v) is 4.78. The molecule has 0 spiro atoms. The molecule has 152 valence electrons. The van der Waals surface area contributed by atoms with Gasteiger partial charge in [0.2, 0.25) is 10.0 Å². The minimum Gasteiger partial charge on any atom is -0.483 e. The molecule has 1 aromatic heterocycles. The van der Waals surface area contributed by atoms with E-state index in [-0.39, 0.29) is 35.3 Å². The third-order valence-electron chi connectivity index (χ3n) is 3.85. The predicted octanol–water partition coefficient (Wildman–Crippen LogP) is 2.71. The van der Waals surface area contributed by atoms with Gasteiger partial charge < -0.3 is 14.5 Å². The Hall–Kier alpha value is -3.24. The van der Waals surface area contributed by atoms with Gasteiger partial charge in [-0.3, -0.25) is 4.79 Å². The number of carbonyl (C=O) groups is 1. The van der Waals surface area contributed by atoms with Crippen molar-refractivity contribution in [3.8, 4) is 5.75 Å². The molecule has 0 unspecified atom stereocenters. The number of halogens is 2. The van der Waals surface area contributed by atoms with Crippen LogP contribution >= 0.6 is 0 Å². The van der Waals surface area contributed by atoms with Crippen molar-refractivity contribution in [3.63, 3.8) is 0 Å². The van der Waals surface area contributed by atoms with Crippen LogP contribution < -0.4 is 15.2 Å². The average Bonchev–Trinajstić information content (AvgIpc) is 3.14. The number of amides is 1. The third kappa shape index (κ3) is 5.39. The number of ether oxygens (including phenoxy) is 1. The quantitative estimate of drug-likeness (QED) is 0.608. The van der Waals surface area contributed by atoms with Gasteiger partial charge in [0.05, 0.1) is 4.90 Å². The van der Waals surface area contributed by atoms with Crippen molar-refractivity contribution in [2.75, 3.05) is 0 Å². The van der Waals surface area contributed by atoms with Crippen molar-refractivity contribution in [2.45, 2.75) is 18.0 Å². The molecular formula is C19H16F2N2O5S. The zero-order chi connectivity index (χ0) is 21.0. The van der Waals surface area contributed by atoms with E-state index in [0.29, 0.717) is 11.6 Å². The summed E-state index contributed by atoms with van der Waals surface area (Å²) < 4.78 is 59.4. The Morgan fingerprint density at radius 1 is 1.07 bits per heavy atom. The fraction of sp³-hybridized carbons (Fsp3) is 0.105. The molecule has 0 saturated carbocycles. The molecule has 0 saturated heterocycles. The largest absolute Gasteiger partial charge is 0.483 e. The molecule has 3 N–H and O–H groups in total. The summed E-state index contributed by atoms with van der Waals surface area (Å²) in [5.41, 5.74) is 0.660. The van der Waals surface area contributed by atoms with Crippen LogP contribution in [0.3, 0.4) is 0 Å². The van der Waals surface area contributed by atoms with E-state index in [1.807, 2.05) is 0 Å². The maximum atomic E-state index is 13.5. The van der Waals surface area contributed by atoms with E-state index < -0.39 is 27.6 Å². The number of carbonyl (C=O) groups excluding carboxylic acids is 1. The Balaban J connectivity index is 1.55. The molecule has 0 fully saturated rings. The average molecular weight is 422 g/mol. The van der Waals surface area contributed by atoms with Crippen LogP contribution in [0.25, 0.3) is 0 Å². The van der Waals surface area contributed by atoms with Crippen molar-refractivity contribution < 1.29 is 31.1 Å². The van der Waals surface area contributed by atoms with E-state index in [2.05, 4.69) is 5.32 Å². The van der Waals surface area contributed by atoms with Crippen LogP contribution in [-0.2, 0) is 23.2 Å². The Labute approximate surface area is 165 Å². The number of primary sulfonamides is 1. The SMILES string of the molecule is NS(=O)(=O)c1ccc(CNC(=O)c2ccc(COc3ccc(F)cc3F)o2)cc1. The number of hydrogen-bond acceptors (Lipinski definition) is 5. The summed E-state index contributed by atoms with van der Waals surface area (Å²) in [6.07, 6.45) is 0. The Kier molecular flexibility index (Phi) is 5.95. The van der Waals surface area contributed by atoms with Crippen molar-refractivity contribution in [3.05, 3.63) is 83.3 Å². The van der Waals surface area contributed by atoms with Crippen molar-refractivity contribution in [1.82, 2.24) is 5.32 Å². The van der Waals surface area contributed by atoms with Gasteiger partial charge in [-0.25, -0.2) is 22.3 Å². The second-order valence-electron chi connectivity index (χ2n) is 6.00. The van der Waals surface area contributed by atoms with Crippen LogP contribution in [0.15, 0.2) is 63.9 Å². The monoisotopic (exact) mass is 422 g/mol. The van der Waals surface area contributed by atoms with Crippen LogP contribution in [0.2, 0.25) is 0 Å². The van der Waals surface area contributed by atoms with E-state index in [9.17, 15) is 22.0 Å². The summed E-state index contributed by atoms with van der Waals surface area (Å²) in [4.78, 5) is 12.1. The molecule has 3 aromatic rings. The van der Waals surface area contributed by atoms with E-state index in [4.69, 9.17) is 14.3 Å². The van der Waals surface area contributed by atoms with Gasteiger partial charge in [-0.15, -0.1) is 0 Å². The fourth-order valence-corrected chi connectivity index (χ4v) is 2.90. The van der Waals surface area contributed by atoms with E-state index in [1.54, 1.807) is 0 Å². The Morgan fingerprint density at radius 3 is 2.45 bits per heavy atom. The molecule has 0 bridgehead atoms. The van der Waals surface area contributed by atoms with Gasteiger partial charge in [-0.2, -0.15) is 0 Å². The topological polar surface area (TPSA) is 112 Å². The summed E-state index contributed by atoms with van der Waals surface area (Å²) in [5, 5.41) is 7.65. The lowest BCUT2D eigenvalue weighted by Crippen LogP contribution is -2.22. The van der Waals surface area contributed by atoms with Crippen LogP contribution in [0, 0.1) is 11.6 Å². The molecule has 0 aliphatic heterocycles. The summed E-state index contributed by atoms with van der Waals surface area (Å²) in [7, 11) is -3.78. The first-order chi connectivity index (χ1) is 13.7. The van der Waals surface area contributed by atoms with Crippen LogP contribution in [0.4, 0.5) is 8.78 Å². The summed E-state index contributed by atoms with van der Waals surface area (Å²) in [6.45, 7) is -0.0120. The zero-order valence-electron chi connectivity index (χ0n) is 14.9. The van der Waals surface area contributed by atoms with Gasteiger partial charge in [0.1, 0.15) is 18.2 Å². The smallest absolute Gasteiger partial charge is 0.287 e. The molecular weight excluding hydrogens is 406 g/mol. The molecule has 1 heterocycles. The van der Waals surface area contributed by atoms with Crippen molar-refractivity contribution in [2.24, 2.45) is 5.14 Å². The first-order valence-electron chi connectivity index (χ1n) is 8.29. The highest BCUT2D eigenvalue weighted by molar-refractivity contribution is 7.89. The molecule has 1 amide bonds. The number of nitrogens with one attached hydrogen (secondary N) is 1. The molecule has 29 heavy (non-hydrogen) atoms. The lowest BCUT2D eigenvalue weighted by atomic mass is 10.2. The van der Waals surface area contributed by atoms with Crippen LogP contribution in [0.1, 0.15) is 21.9 Å². The molecule has 2 aromatic carbocycles. The molecule has 7 nitrogen and oxygen atoms in total. The van der Waals surface area contributed by atoms with Crippen molar-refractivity contribution in [1.29, 1.82) is 0 Å². The lowest BCUT2D eigenvalue weighted by molar-refractivity contribution is 0.0919. The fourth-order valence-electron chi connectivity index (χ4n) is 2.39. The summed E-state index contributed by atoms with van der Waals surface area (Å²) in [6, 6.07) is 11.6. The lowest BCUT2D eigenvalue weighted by Gasteiger charge is -2.06. The number of sulfonamides is 1. The predicted molar refractivity (Wildman–Crippen MR) is 98.4 cm³/mol. The highest BCUT2D eigenvalue weighted by Gasteiger charge is 2.13. The van der Waals surface area contributed by atoms with Gasteiger partial charge >= 0.3 is 0 Å². The van der Waals surface area contributed by atoms with Gasteiger partial charge in [-0.1, -0.05) is 12.1 Å². The molecule has 10 heteroatoms. The normalized spacial score (nSPS) is 11.3. The van der Waals surface area contributed by atoms with Crippen molar-refractivity contribution >= 4 is 15.9 Å². The Bertz CT molecular complexity index is 1130. The Morgan fingerprint density at radius 2 is 1.79 bits per heavy atom. The number of nitrogens with two attached hydrogens (primary N) is 1. The van der Waals surface area contributed by atoms with Gasteiger partial charge in [-0.05, 0) is 42.0 Å². The maximum absolute atomic E-state index is 13.5. The highest BCUT2D eigenvalue weighted by atomic mass is 32.2. The van der Waals surface area contributed by atoms with Crippen LogP contribution in [-0.4, -0.2) is 14.3 Å². The van der Waals surface area contributed by atoms with Crippen LogP contribution in [0.5, 0.6) is 5.75 Å². The van der Waals surface area contributed by atoms with Gasteiger partial charge in [0.25, 0.3) is 5.91 Å². The number of furan rings is 1. The molecule has 0 aliphatic rings. The molecule has 0 aliphatic carbocycles. The second-order valence-corrected chi connectivity index (χ2v) is 7.56. The van der Waals surface area contributed by atoms with E-state index in [0.717, 1.165) is 12.1 Å². The maximum Gasteiger partial charge on any atom is 0.287 e. The van der Waals surface area contributed by atoms with Gasteiger partial charge in [0, 0.05) is 12.6 Å². The zero-order valence-corrected chi connectivity index (χ0v) is 15.7. The number of benzene rings is 2. The summed E-state index contributed by atoms with van der Waals surface area (Å²) in [5.74, 6) is -1.91. The standard InChI is InChI=1S/C19H16F2N2O5S/c20-13-3-7-17(16(21)9-13)27-11-14-4-8-18(28-14)19(24)23-10-12-1-5-15(6-2-12)29(22,25)26/h1-9H,10-11H2,(H,23,24)(H2,22,25,26). The van der Waals surface area contributed by atoms with E-state index >= 15 is 0 Å². The highest BCUT2D eigenvalue weighted by Crippen LogP contribution is 2.19. The minimum absolute atomic E-state index is 0.0179. The molecule has 3 rings (SSSR count). The first kappa shape index (κ1) is 20.5. The molecule has 0 atom stereocenters. The van der Waals surface area contributed by atoms with Gasteiger partial charge in [0.15, 0.2) is 17.3 Å². The summed E-state index contributed by atoms with van der Waals surface area (Å²) >= 11 is 0. The van der Waals surface area contributed by atoms with E-state index in [1.165, 1.54) is 36.4 Å². The number of hydrogen-bond donors (Lipinski definition) is 2. The first-order valence-corrected chi connectivity index (χ1v) is 9.83. The number of rotatable bonds is 7. The second kappa shape index (κ2) is 8.41. The molecule has 0 radical (unpaired) electrons.